The van der Waals surface area contributed by atoms with E-state index in [9.17, 15) is 9.59 Å². The monoisotopic (exact) mass is 406 g/mol. The number of nitrogens with zero attached hydrogens (tertiary/aromatic N) is 3. The standard InChI is InChI=1S/C23H26N4O3/c1-14-11-25-15(2)20(14)22(29)27-7-4-23(5-8-27)10-17(23)12-26-21(28)18-9-16-3-6-24-13-19(16)30-18/h3,6,9,13,17H,4-5,7-8,10-12H2,1-2H3,(H,26,28). The van der Waals surface area contributed by atoms with Crippen LogP contribution >= 0.6 is 0 Å². The number of rotatable bonds is 4. The maximum Gasteiger partial charge on any atom is 0.287 e. The van der Waals surface area contributed by atoms with E-state index in [1.54, 1.807) is 18.5 Å². The van der Waals surface area contributed by atoms with Gasteiger partial charge in [0.15, 0.2) is 11.3 Å². The molecule has 4 heterocycles. The van der Waals surface area contributed by atoms with Gasteiger partial charge in [-0.05, 0) is 62.1 Å². The molecule has 1 atom stereocenters. The van der Waals surface area contributed by atoms with Gasteiger partial charge in [0.1, 0.15) is 0 Å². The Morgan fingerprint density at radius 1 is 1.30 bits per heavy atom. The molecule has 156 valence electrons. The number of nitrogens with one attached hydrogen (secondary N) is 1. The normalized spacial score (nSPS) is 22.5. The minimum atomic E-state index is -0.181. The van der Waals surface area contributed by atoms with Crippen LogP contribution in [-0.2, 0) is 4.79 Å². The SMILES string of the molecule is CC1=NCC(C)=C1C(=O)N1CCC2(CC1)CC2CNC(=O)c1cc2ccncc2o1. The van der Waals surface area contributed by atoms with Crippen molar-refractivity contribution in [1.29, 1.82) is 0 Å². The maximum atomic E-state index is 12.9. The lowest BCUT2D eigenvalue weighted by Gasteiger charge is -2.33. The molecule has 2 amide bonds. The van der Waals surface area contributed by atoms with Crippen LogP contribution in [0.5, 0.6) is 0 Å². The second-order valence-corrected chi connectivity index (χ2v) is 8.85. The second kappa shape index (κ2) is 7.07. The molecule has 2 aromatic rings. The molecule has 1 N–H and O–H groups in total. The van der Waals surface area contributed by atoms with Crippen molar-refractivity contribution in [2.45, 2.75) is 33.1 Å². The fourth-order valence-electron chi connectivity index (χ4n) is 4.99. The van der Waals surface area contributed by atoms with Crippen molar-refractivity contribution < 1.29 is 14.0 Å². The number of carbonyl (C=O) groups is 2. The number of hydrogen-bond acceptors (Lipinski definition) is 5. The number of hydrogen-bond donors (Lipinski definition) is 1. The van der Waals surface area contributed by atoms with Crippen LogP contribution in [0.3, 0.4) is 0 Å². The molecule has 30 heavy (non-hydrogen) atoms. The van der Waals surface area contributed by atoms with E-state index in [1.165, 1.54) is 0 Å². The number of fused-ring (bicyclic) bond motifs is 1. The highest BCUT2D eigenvalue weighted by Crippen LogP contribution is 2.59. The van der Waals surface area contributed by atoms with Gasteiger partial charge in [-0.15, -0.1) is 0 Å². The quantitative estimate of drug-likeness (QED) is 0.846. The minimum Gasteiger partial charge on any atom is -0.449 e. The number of likely N-dealkylation sites (tertiary alicyclic amines) is 1. The minimum absolute atomic E-state index is 0.131. The largest absolute Gasteiger partial charge is 0.449 e. The molecule has 7 nitrogen and oxygen atoms in total. The van der Waals surface area contributed by atoms with E-state index in [4.69, 9.17) is 4.42 Å². The Kier molecular flexibility index (Phi) is 4.49. The molecule has 2 fully saturated rings. The maximum absolute atomic E-state index is 12.9. The van der Waals surface area contributed by atoms with Gasteiger partial charge in [0.05, 0.1) is 18.3 Å². The average Bonchev–Trinajstić information content (AvgIpc) is 3.08. The third-order valence-corrected chi connectivity index (χ3v) is 7.02. The Balaban J connectivity index is 1.14. The zero-order chi connectivity index (χ0) is 20.9. The first-order chi connectivity index (χ1) is 14.5. The molecule has 1 saturated heterocycles. The van der Waals surface area contributed by atoms with Gasteiger partial charge in [-0.1, -0.05) is 0 Å². The van der Waals surface area contributed by atoms with Crippen LogP contribution in [0.2, 0.25) is 0 Å². The van der Waals surface area contributed by atoms with Gasteiger partial charge in [0.25, 0.3) is 11.8 Å². The van der Waals surface area contributed by atoms with Gasteiger partial charge < -0.3 is 14.6 Å². The summed E-state index contributed by atoms with van der Waals surface area (Å²) in [6, 6.07) is 3.58. The van der Waals surface area contributed by atoms with E-state index in [-0.39, 0.29) is 17.2 Å². The van der Waals surface area contributed by atoms with Crippen molar-refractivity contribution in [1.82, 2.24) is 15.2 Å². The lowest BCUT2D eigenvalue weighted by Crippen LogP contribution is -2.41. The highest BCUT2D eigenvalue weighted by Gasteiger charge is 2.55. The average molecular weight is 406 g/mol. The van der Waals surface area contributed by atoms with Crippen molar-refractivity contribution in [3.63, 3.8) is 0 Å². The molecule has 0 aromatic carbocycles. The predicted molar refractivity (Wildman–Crippen MR) is 113 cm³/mol. The van der Waals surface area contributed by atoms with Crippen LogP contribution in [-0.4, -0.2) is 53.6 Å². The van der Waals surface area contributed by atoms with Crippen molar-refractivity contribution in [3.05, 3.63) is 41.4 Å². The Morgan fingerprint density at radius 2 is 2.10 bits per heavy atom. The Labute approximate surface area is 175 Å². The molecule has 1 spiro atoms. The first kappa shape index (κ1) is 19.0. The van der Waals surface area contributed by atoms with Crippen LogP contribution < -0.4 is 5.32 Å². The number of aliphatic imine (C=N–C) groups is 1. The van der Waals surface area contributed by atoms with E-state index in [0.717, 1.165) is 54.6 Å². The van der Waals surface area contributed by atoms with Crippen LogP contribution in [0.15, 0.2) is 45.1 Å². The molecule has 1 saturated carbocycles. The predicted octanol–water partition coefficient (Wildman–Crippen LogP) is 2.98. The summed E-state index contributed by atoms with van der Waals surface area (Å²) in [5.74, 6) is 0.746. The van der Waals surface area contributed by atoms with E-state index < -0.39 is 0 Å². The van der Waals surface area contributed by atoms with Crippen molar-refractivity contribution in [3.8, 4) is 0 Å². The number of piperidine rings is 1. The molecule has 2 aromatic heterocycles. The first-order valence-electron chi connectivity index (χ1n) is 10.6. The molecule has 0 radical (unpaired) electrons. The van der Waals surface area contributed by atoms with Gasteiger partial charge in [-0.25, -0.2) is 0 Å². The van der Waals surface area contributed by atoms with Crippen molar-refractivity contribution >= 4 is 28.5 Å². The summed E-state index contributed by atoms with van der Waals surface area (Å²) < 4.78 is 5.59. The van der Waals surface area contributed by atoms with Crippen molar-refractivity contribution in [2.75, 3.05) is 26.2 Å². The fourth-order valence-corrected chi connectivity index (χ4v) is 4.99. The molecule has 7 heteroatoms. The summed E-state index contributed by atoms with van der Waals surface area (Å²) >= 11 is 0. The Hall–Kier alpha value is -2.96. The number of amides is 2. The molecular formula is C23H26N4O3. The third-order valence-electron chi connectivity index (χ3n) is 7.02. The van der Waals surface area contributed by atoms with Crippen LogP contribution in [0, 0.1) is 11.3 Å². The van der Waals surface area contributed by atoms with Gasteiger partial charge in [0.2, 0.25) is 0 Å². The molecule has 0 bridgehead atoms. The topological polar surface area (TPSA) is 87.8 Å². The third kappa shape index (κ3) is 3.22. The summed E-state index contributed by atoms with van der Waals surface area (Å²) in [4.78, 5) is 35.8. The zero-order valence-electron chi connectivity index (χ0n) is 17.4. The summed E-state index contributed by atoms with van der Waals surface area (Å²) in [6.45, 7) is 6.78. The Morgan fingerprint density at radius 3 is 2.80 bits per heavy atom. The Bertz CT molecular complexity index is 1060. The van der Waals surface area contributed by atoms with E-state index in [1.807, 2.05) is 24.8 Å². The molecule has 1 unspecified atom stereocenters. The van der Waals surface area contributed by atoms with E-state index in [2.05, 4.69) is 15.3 Å². The zero-order valence-corrected chi connectivity index (χ0v) is 17.4. The van der Waals surface area contributed by atoms with E-state index >= 15 is 0 Å². The van der Waals surface area contributed by atoms with Gasteiger partial charge in [-0.2, -0.15) is 0 Å². The number of furan rings is 1. The van der Waals surface area contributed by atoms with Gasteiger partial charge in [-0.3, -0.25) is 19.6 Å². The lowest BCUT2D eigenvalue weighted by atomic mass is 9.90. The molecule has 5 rings (SSSR count). The summed E-state index contributed by atoms with van der Waals surface area (Å²) in [6.07, 6.45) is 6.41. The van der Waals surface area contributed by atoms with Gasteiger partial charge in [0, 0.05) is 36.9 Å². The number of carbonyl (C=O) groups excluding carboxylic acids is 2. The first-order valence-corrected chi connectivity index (χ1v) is 10.6. The highest BCUT2D eigenvalue weighted by molar-refractivity contribution is 6.22. The lowest BCUT2D eigenvalue weighted by molar-refractivity contribution is -0.128. The number of aromatic nitrogens is 1. The van der Waals surface area contributed by atoms with Crippen LogP contribution in [0.4, 0.5) is 0 Å². The molecule has 3 aliphatic rings. The second-order valence-electron chi connectivity index (χ2n) is 8.85. The highest BCUT2D eigenvalue weighted by atomic mass is 16.3. The van der Waals surface area contributed by atoms with Gasteiger partial charge >= 0.3 is 0 Å². The number of pyridine rings is 1. The summed E-state index contributed by atoms with van der Waals surface area (Å²) in [7, 11) is 0. The fraction of sp³-hybridized carbons (Fsp3) is 0.478. The molecule has 2 aliphatic heterocycles. The smallest absolute Gasteiger partial charge is 0.287 e. The molecule has 1 aliphatic carbocycles. The van der Waals surface area contributed by atoms with Crippen molar-refractivity contribution in [2.24, 2.45) is 16.3 Å². The van der Waals surface area contributed by atoms with Crippen LogP contribution in [0.25, 0.3) is 11.0 Å². The molecular weight excluding hydrogens is 380 g/mol. The van der Waals surface area contributed by atoms with E-state index in [0.29, 0.717) is 30.4 Å². The van der Waals surface area contributed by atoms with Crippen LogP contribution in [0.1, 0.15) is 43.7 Å². The summed E-state index contributed by atoms with van der Waals surface area (Å²) in [5, 5.41) is 3.90. The summed E-state index contributed by atoms with van der Waals surface area (Å²) in [5.41, 5.74) is 3.64.